The molecule has 0 saturated heterocycles. The van der Waals surface area contributed by atoms with Crippen LogP contribution in [0.15, 0.2) is 24.3 Å². The molecule has 0 radical (unpaired) electrons. The van der Waals surface area contributed by atoms with Crippen LogP contribution in [-0.4, -0.2) is 29.1 Å². The van der Waals surface area contributed by atoms with E-state index in [1.54, 1.807) is 19.2 Å². The fourth-order valence-electron chi connectivity index (χ4n) is 3.07. The molecule has 5 heteroatoms. The van der Waals surface area contributed by atoms with Crippen molar-refractivity contribution in [3.05, 3.63) is 24.3 Å². The first-order chi connectivity index (χ1) is 9.93. The van der Waals surface area contributed by atoms with E-state index in [-0.39, 0.29) is 11.7 Å². The van der Waals surface area contributed by atoms with Crippen LogP contribution in [0.3, 0.4) is 0 Å². The van der Waals surface area contributed by atoms with Crippen LogP contribution in [0.25, 0.3) is 0 Å². The zero-order valence-electron chi connectivity index (χ0n) is 12.3. The van der Waals surface area contributed by atoms with E-state index in [0.29, 0.717) is 24.4 Å². The minimum absolute atomic E-state index is 0.134. The third-order valence-corrected chi connectivity index (χ3v) is 4.44. The molecule has 0 aliphatic heterocycles. The fraction of sp³-hybridized carbons (Fsp3) is 0.500. The Kier molecular flexibility index (Phi) is 4.50. The maximum atomic E-state index is 12.6. The van der Waals surface area contributed by atoms with Gasteiger partial charge in [0.05, 0.1) is 11.8 Å². The number of amides is 1. The van der Waals surface area contributed by atoms with Gasteiger partial charge in [0, 0.05) is 12.7 Å². The topological polar surface area (TPSA) is 77.8 Å². The number of carboxylic acid groups (broad SMARTS) is 1. The number of nitrogens with zero attached hydrogens (tertiary/aromatic N) is 1. The Morgan fingerprint density at radius 3 is 2.29 bits per heavy atom. The lowest BCUT2D eigenvalue weighted by molar-refractivity contribution is -0.145. The molecule has 0 spiro atoms. The molecule has 0 bridgehead atoms. The summed E-state index contributed by atoms with van der Waals surface area (Å²) in [5.74, 6) is -1.68. The van der Waals surface area contributed by atoms with E-state index >= 15 is 0 Å². The second-order valence-electron chi connectivity index (χ2n) is 5.71. The van der Waals surface area contributed by atoms with Crippen molar-refractivity contribution < 1.29 is 19.8 Å². The minimum Gasteiger partial charge on any atom is -0.508 e. The number of aromatic hydroxyl groups is 1. The number of aliphatic carboxylic acids is 1. The normalized spacial score (nSPS) is 24.8. The fourth-order valence-corrected chi connectivity index (χ4v) is 3.07. The van der Waals surface area contributed by atoms with Gasteiger partial charge >= 0.3 is 5.97 Å². The van der Waals surface area contributed by atoms with Gasteiger partial charge in [-0.1, -0.05) is 13.3 Å². The Hall–Kier alpha value is -2.04. The SMILES string of the molecule is CCC1CC(C(=O)O)C(C(=O)N(C)c2ccc(O)cc2)C1. The van der Waals surface area contributed by atoms with Gasteiger partial charge in [-0.15, -0.1) is 0 Å². The van der Waals surface area contributed by atoms with Gasteiger partial charge < -0.3 is 15.1 Å². The van der Waals surface area contributed by atoms with Crippen LogP contribution in [-0.2, 0) is 9.59 Å². The summed E-state index contributed by atoms with van der Waals surface area (Å²) in [5.41, 5.74) is 0.655. The second kappa shape index (κ2) is 6.16. The molecule has 0 aromatic heterocycles. The zero-order chi connectivity index (χ0) is 15.6. The molecular formula is C16H21NO4. The van der Waals surface area contributed by atoms with Crippen molar-refractivity contribution >= 4 is 17.6 Å². The quantitative estimate of drug-likeness (QED) is 0.893. The van der Waals surface area contributed by atoms with Crippen LogP contribution in [0.2, 0.25) is 0 Å². The molecule has 114 valence electrons. The molecule has 1 saturated carbocycles. The molecule has 1 aromatic rings. The Morgan fingerprint density at radius 1 is 1.19 bits per heavy atom. The molecule has 3 atom stereocenters. The number of carbonyl (C=O) groups excluding carboxylic acids is 1. The van der Waals surface area contributed by atoms with Gasteiger partial charge in [-0.2, -0.15) is 0 Å². The van der Waals surface area contributed by atoms with E-state index in [2.05, 4.69) is 0 Å². The molecule has 5 nitrogen and oxygen atoms in total. The molecular weight excluding hydrogens is 270 g/mol. The largest absolute Gasteiger partial charge is 0.508 e. The Morgan fingerprint density at radius 2 is 1.76 bits per heavy atom. The highest BCUT2D eigenvalue weighted by atomic mass is 16.4. The monoisotopic (exact) mass is 291 g/mol. The van der Waals surface area contributed by atoms with Crippen LogP contribution < -0.4 is 4.90 Å². The molecule has 1 fully saturated rings. The highest BCUT2D eigenvalue weighted by Gasteiger charge is 2.43. The van der Waals surface area contributed by atoms with Crippen molar-refractivity contribution in [3.8, 4) is 5.75 Å². The number of hydrogen-bond donors (Lipinski definition) is 2. The van der Waals surface area contributed by atoms with Crippen LogP contribution in [0.4, 0.5) is 5.69 Å². The number of carboxylic acids is 1. The minimum atomic E-state index is -0.886. The van der Waals surface area contributed by atoms with Crippen molar-refractivity contribution in [2.75, 3.05) is 11.9 Å². The predicted molar refractivity (Wildman–Crippen MR) is 79.1 cm³/mol. The van der Waals surface area contributed by atoms with Crippen molar-refractivity contribution in [2.45, 2.75) is 26.2 Å². The molecule has 0 heterocycles. The summed E-state index contributed by atoms with van der Waals surface area (Å²) in [7, 11) is 1.65. The third-order valence-electron chi connectivity index (χ3n) is 4.44. The van der Waals surface area contributed by atoms with E-state index < -0.39 is 17.8 Å². The lowest BCUT2D eigenvalue weighted by Crippen LogP contribution is -2.36. The summed E-state index contributed by atoms with van der Waals surface area (Å²) in [6, 6.07) is 6.32. The summed E-state index contributed by atoms with van der Waals surface area (Å²) in [4.78, 5) is 25.5. The number of carbonyl (C=O) groups is 2. The summed E-state index contributed by atoms with van der Waals surface area (Å²) in [6.07, 6.45) is 2.11. The molecule has 2 N–H and O–H groups in total. The number of anilines is 1. The van der Waals surface area contributed by atoms with E-state index in [4.69, 9.17) is 0 Å². The van der Waals surface area contributed by atoms with Gasteiger partial charge in [0.1, 0.15) is 5.75 Å². The standard InChI is InChI=1S/C16H21NO4/c1-3-10-8-13(14(9-10)16(20)21)15(19)17(2)11-4-6-12(18)7-5-11/h4-7,10,13-14,18H,3,8-9H2,1-2H3,(H,20,21). The van der Waals surface area contributed by atoms with Gasteiger partial charge in [-0.3, -0.25) is 9.59 Å². The van der Waals surface area contributed by atoms with E-state index in [1.807, 2.05) is 6.92 Å². The summed E-state index contributed by atoms with van der Waals surface area (Å²) < 4.78 is 0. The molecule has 1 aliphatic carbocycles. The molecule has 1 aromatic carbocycles. The maximum Gasteiger partial charge on any atom is 0.307 e. The number of benzene rings is 1. The third kappa shape index (κ3) is 3.17. The summed E-state index contributed by atoms with van der Waals surface area (Å²) >= 11 is 0. The Labute approximate surface area is 124 Å². The van der Waals surface area contributed by atoms with Crippen molar-refractivity contribution in [1.82, 2.24) is 0 Å². The zero-order valence-corrected chi connectivity index (χ0v) is 12.3. The Bertz CT molecular complexity index is 526. The number of phenolic OH excluding ortho intramolecular Hbond substituents is 1. The summed E-state index contributed by atoms with van der Waals surface area (Å²) in [5, 5.41) is 18.6. The molecule has 21 heavy (non-hydrogen) atoms. The van der Waals surface area contributed by atoms with Gasteiger partial charge in [-0.05, 0) is 43.0 Å². The van der Waals surface area contributed by atoms with Gasteiger partial charge in [-0.25, -0.2) is 0 Å². The summed E-state index contributed by atoms with van der Waals surface area (Å²) in [6.45, 7) is 2.03. The first-order valence-corrected chi connectivity index (χ1v) is 7.23. The number of phenols is 1. The predicted octanol–water partition coefficient (Wildman–Crippen LogP) is 2.49. The lowest BCUT2D eigenvalue weighted by Gasteiger charge is -2.23. The van der Waals surface area contributed by atoms with Crippen LogP contribution in [0.1, 0.15) is 26.2 Å². The maximum absolute atomic E-state index is 12.6. The van der Waals surface area contributed by atoms with Crippen molar-refractivity contribution in [1.29, 1.82) is 0 Å². The lowest BCUT2D eigenvalue weighted by atomic mass is 9.94. The van der Waals surface area contributed by atoms with Crippen LogP contribution in [0.5, 0.6) is 5.75 Å². The number of rotatable bonds is 4. The van der Waals surface area contributed by atoms with E-state index in [0.717, 1.165) is 6.42 Å². The van der Waals surface area contributed by atoms with Crippen LogP contribution in [0, 0.1) is 17.8 Å². The van der Waals surface area contributed by atoms with E-state index in [1.165, 1.54) is 17.0 Å². The molecule has 1 aliphatic rings. The highest BCUT2D eigenvalue weighted by molar-refractivity contribution is 5.97. The van der Waals surface area contributed by atoms with Gasteiger partial charge in [0.15, 0.2) is 0 Å². The molecule has 2 rings (SSSR count). The van der Waals surface area contributed by atoms with Crippen molar-refractivity contribution in [2.24, 2.45) is 17.8 Å². The van der Waals surface area contributed by atoms with Crippen molar-refractivity contribution in [3.63, 3.8) is 0 Å². The average molecular weight is 291 g/mol. The average Bonchev–Trinajstić information content (AvgIpc) is 2.91. The number of hydrogen-bond acceptors (Lipinski definition) is 3. The molecule has 1 amide bonds. The first-order valence-electron chi connectivity index (χ1n) is 7.23. The van der Waals surface area contributed by atoms with Gasteiger partial charge in [0.2, 0.25) is 5.91 Å². The second-order valence-corrected chi connectivity index (χ2v) is 5.71. The molecule has 3 unspecified atom stereocenters. The smallest absolute Gasteiger partial charge is 0.307 e. The van der Waals surface area contributed by atoms with Crippen LogP contribution >= 0.6 is 0 Å². The van der Waals surface area contributed by atoms with Gasteiger partial charge in [0.25, 0.3) is 0 Å². The Balaban J connectivity index is 2.17. The van der Waals surface area contributed by atoms with E-state index in [9.17, 15) is 19.8 Å². The highest BCUT2D eigenvalue weighted by Crippen LogP contribution is 2.39. The first kappa shape index (κ1) is 15.4.